The first-order valence-corrected chi connectivity index (χ1v) is 10.1. The summed E-state index contributed by atoms with van der Waals surface area (Å²) in [6.07, 6.45) is 11.1. The van der Waals surface area contributed by atoms with Crippen molar-refractivity contribution in [2.24, 2.45) is 28.6 Å². The highest BCUT2D eigenvalue weighted by atomic mass is 16.6. The molecule has 0 radical (unpaired) electrons. The van der Waals surface area contributed by atoms with Crippen LogP contribution in [0.25, 0.3) is 0 Å². The lowest BCUT2D eigenvalue weighted by Crippen LogP contribution is -2.58. The second-order valence-corrected chi connectivity index (χ2v) is 9.75. The molecule has 26 heavy (non-hydrogen) atoms. The van der Waals surface area contributed by atoms with Crippen LogP contribution in [-0.4, -0.2) is 28.6 Å². The van der Waals surface area contributed by atoms with Gasteiger partial charge in [-0.15, -0.1) is 0 Å². The van der Waals surface area contributed by atoms with Crippen LogP contribution in [0.15, 0.2) is 23.8 Å². The van der Waals surface area contributed by atoms with Gasteiger partial charge in [0.15, 0.2) is 5.78 Å². The van der Waals surface area contributed by atoms with E-state index in [9.17, 15) is 14.7 Å². The van der Waals surface area contributed by atoms with E-state index >= 15 is 0 Å². The molecule has 1 aliphatic heterocycles. The smallest absolute Gasteiger partial charge is 0.306 e. The highest BCUT2D eigenvalue weighted by molar-refractivity contribution is 5.92. The molecule has 1 saturated heterocycles. The maximum atomic E-state index is 11.9. The van der Waals surface area contributed by atoms with Gasteiger partial charge in [-0.25, -0.2) is 0 Å². The van der Waals surface area contributed by atoms with Crippen LogP contribution in [0.4, 0.5) is 0 Å². The molecule has 7 atom stereocenters. The number of aliphatic hydroxyl groups excluding tert-OH is 1. The average Bonchev–Trinajstić information content (AvgIpc) is 3.09. The van der Waals surface area contributed by atoms with E-state index in [1.807, 2.05) is 0 Å². The Balaban J connectivity index is 1.58. The molecule has 0 aromatic heterocycles. The van der Waals surface area contributed by atoms with Crippen molar-refractivity contribution in [3.8, 4) is 0 Å². The third-order valence-corrected chi connectivity index (χ3v) is 8.79. The van der Waals surface area contributed by atoms with Crippen molar-refractivity contribution in [1.29, 1.82) is 0 Å². The Kier molecular flexibility index (Phi) is 3.28. The number of allylic oxidation sites excluding steroid dienone is 4. The summed E-state index contributed by atoms with van der Waals surface area (Å²) in [5.74, 6) is 0.989. The third kappa shape index (κ3) is 1.89. The van der Waals surface area contributed by atoms with Crippen LogP contribution in [0.1, 0.15) is 58.8 Å². The molecular formula is C22H28O4. The summed E-state index contributed by atoms with van der Waals surface area (Å²) in [6.45, 7) is 4.48. The van der Waals surface area contributed by atoms with Crippen LogP contribution in [-0.2, 0) is 14.3 Å². The van der Waals surface area contributed by atoms with E-state index in [-0.39, 0.29) is 40.0 Å². The number of fused-ring (bicyclic) bond motifs is 6. The van der Waals surface area contributed by atoms with Crippen LogP contribution in [0.3, 0.4) is 0 Å². The summed E-state index contributed by atoms with van der Waals surface area (Å²) in [5, 5.41) is 11.3. The Bertz CT molecular complexity index is 751. The molecule has 1 heterocycles. The summed E-state index contributed by atoms with van der Waals surface area (Å²) < 4.78 is 5.93. The standard InChI is InChI=1S/C22H28O4/c1-20-8-5-14(23)11-13(20)3-4-15-16-6-9-22(10-7-18(25)26-22)21(16,2)12-17(24)19(15)20/h3-4,11,15-17,19,24H,5-10,12H2,1-2H3/t15-,16?,17?,19?,20-,21-,22+/m0/s1. The highest BCUT2D eigenvalue weighted by Crippen LogP contribution is 2.68. The van der Waals surface area contributed by atoms with E-state index in [0.717, 1.165) is 31.3 Å². The van der Waals surface area contributed by atoms with Crippen molar-refractivity contribution in [3.63, 3.8) is 0 Å². The zero-order valence-corrected chi connectivity index (χ0v) is 15.7. The molecule has 4 aliphatic carbocycles. The van der Waals surface area contributed by atoms with E-state index in [0.29, 0.717) is 25.2 Å². The molecule has 0 aromatic carbocycles. The van der Waals surface area contributed by atoms with Gasteiger partial charge in [0.1, 0.15) is 5.60 Å². The van der Waals surface area contributed by atoms with E-state index in [2.05, 4.69) is 26.0 Å². The number of hydrogen-bond acceptors (Lipinski definition) is 4. The number of carbonyl (C=O) groups excluding carboxylic acids is 2. The van der Waals surface area contributed by atoms with E-state index < -0.39 is 6.10 Å². The lowest BCUT2D eigenvalue weighted by atomic mass is 9.47. The Morgan fingerprint density at radius 2 is 1.96 bits per heavy atom. The Labute approximate surface area is 154 Å². The molecule has 0 bridgehead atoms. The molecule has 140 valence electrons. The number of esters is 1. The summed E-state index contributed by atoms with van der Waals surface area (Å²) >= 11 is 0. The van der Waals surface area contributed by atoms with Gasteiger partial charge < -0.3 is 9.84 Å². The second-order valence-electron chi connectivity index (χ2n) is 9.75. The average molecular weight is 356 g/mol. The number of aliphatic hydroxyl groups is 1. The predicted octanol–water partition coefficient (Wildman–Crippen LogP) is 3.34. The van der Waals surface area contributed by atoms with E-state index in [4.69, 9.17) is 4.74 Å². The molecular weight excluding hydrogens is 328 g/mol. The van der Waals surface area contributed by atoms with Gasteiger partial charge in [0, 0.05) is 24.2 Å². The Morgan fingerprint density at radius 3 is 2.69 bits per heavy atom. The molecule has 2 saturated carbocycles. The van der Waals surface area contributed by atoms with Crippen LogP contribution < -0.4 is 0 Å². The molecule has 3 unspecified atom stereocenters. The Morgan fingerprint density at radius 1 is 1.15 bits per heavy atom. The van der Waals surface area contributed by atoms with Crippen LogP contribution >= 0.6 is 0 Å². The van der Waals surface area contributed by atoms with Gasteiger partial charge in [0.05, 0.1) is 6.10 Å². The minimum atomic E-state index is -0.429. The number of rotatable bonds is 0. The highest BCUT2D eigenvalue weighted by Gasteiger charge is 2.68. The topological polar surface area (TPSA) is 63.6 Å². The van der Waals surface area contributed by atoms with Crippen molar-refractivity contribution in [2.45, 2.75) is 70.5 Å². The van der Waals surface area contributed by atoms with Crippen LogP contribution in [0, 0.1) is 28.6 Å². The molecule has 0 aromatic rings. The van der Waals surface area contributed by atoms with Crippen molar-refractivity contribution < 1.29 is 19.4 Å². The molecule has 4 heteroatoms. The minimum absolute atomic E-state index is 0.0781. The quantitative estimate of drug-likeness (QED) is 0.676. The van der Waals surface area contributed by atoms with Gasteiger partial charge >= 0.3 is 5.97 Å². The molecule has 3 fully saturated rings. The Hall–Kier alpha value is -1.42. The number of ether oxygens (including phenoxy) is 1. The van der Waals surface area contributed by atoms with E-state index in [1.54, 1.807) is 6.08 Å². The number of carbonyl (C=O) groups is 2. The first-order valence-electron chi connectivity index (χ1n) is 10.1. The fraction of sp³-hybridized carbons (Fsp3) is 0.727. The summed E-state index contributed by atoms with van der Waals surface area (Å²) in [4.78, 5) is 23.8. The summed E-state index contributed by atoms with van der Waals surface area (Å²) in [5.41, 5.74) is 0.425. The van der Waals surface area contributed by atoms with Gasteiger partial charge in [-0.1, -0.05) is 26.0 Å². The third-order valence-electron chi connectivity index (χ3n) is 8.79. The zero-order chi connectivity index (χ0) is 18.3. The van der Waals surface area contributed by atoms with E-state index in [1.165, 1.54) is 0 Å². The van der Waals surface area contributed by atoms with Gasteiger partial charge in [-0.3, -0.25) is 9.59 Å². The second kappa shape index (κ2) is 5.09. The zero-order valence-electron chi connectivity index (χ0n) is 15.7. The van der Waals surface area contributed by atoms with Gasteiger partial charge in [0.25, 0.3) is 0 Å². The first-order chi connectivity index (χ1) is 12.3. The molecule has 5 aliphatic rings. The molecule has 4 nitrogen and oxygen atoms in total. The monoisotopic (exact) mass is 356 g/mol. The van der Waals surface area contributed by atoms with Crippen molar-refractivity contribution in [3.05, 3.63) is 23.8 Å². The van der Waals surface area contributed by atoms with Gasteiger partial charge in [-0.2, -0.15) is 0 Å². The fourth-order valence-electron chi connectivity index (χ4n) is 7.41. The van der Waals surface area contributed by atoms with Crippen molar-refractivity contribution in [2.75, 3.05) is 0 Å². The van der Waals surface area contributed by atoms with Gasteiger partial charge in [0.2, 0.25) is 0 Å². The SMILES string of the molecule is C[C@]12CCC(=O)C=C1C=C[C@@H]1C2C(O)C[C@@]2(C)C1CC[C@@]21CCC(=O)O1. The molecule has 1 spiro atoms. The molecule has 1 N–H and O–H groups in total. The first kappa shape index (κ1) is 16.7. The predicted molar refractivity (Wildman–Crippen MR) is 96.1 cm³/mol. The fourth-order valence-corrected chi connectivity index (χ4v) is 7.41. The lowest BCUT2D eigenvalue weighted by Gasteiger charge is -2.58. The summed E-state index contributed by atoms with van der Waals surface area (Å²) in [7, 11) is 0. The van der Waals surface area contributed by atoms with Crippen molar-refractivity contribution >= 4 is 11.8 Å². The lowest BCUT2D eigenvalue weighted by molar-refractivity contribution is -0.177. The minimum Gasteiger partial charge on any atom is -0.458 e. The van der Waals surface area contributed by atoms with Gasteiger partial charge in [-0.05, 0) is 61.0 Å². The summed E-state index contributed by atoms with van der Waals surface area (Å²) in [6, 6.07) is 0. The molecule has 5 rings (SSSR count). The maximum Gasteiger partial charge on any atom is 0.306 e. The number of hydrogen-bond donors (Lipinski definition) is 1. The van der Waals surface area contributed by atoms with Crippen LogP contribution in [0.2, 0.25) is 0 Å². The van der Waals surface area contributed by atoms with Crippen molar-refractivity contribution in [1.82, 2.24) is 0 Å². The normalized spacial score (nSPS) is 52.3. The largest absolute Gasteiger partial charge is 0.458 e. The van der Waals surface area contributed by atoms with Crippen LogP contribution in [0.5, 0.6) is 0 Å². The number of ketones is 1. The maximum absolute atomic E-state index is 11.9. The molecule has 0 amide bonds.